The molecule has 1 fully saturated rings. The third-order valence-corrected chi connectivity index (χ3v) is 4.36. The van der Waals surface area contributed by atoms with Crippen molar-refractivity contribution in [3.05, 3.63) is 23.2 Å². The molecule has 3 rings (SSSR count). The van der Waals surface area contributed by atoms with Crippen LogP contribution in [0.25, 0.3) is 10.2 Å². The van der Waals surface area contributed by atoms with Crippen LogP contribution in [0, 0.1) is 0 Å². The fourth-order valence-electron chi connectivity index (χ4n) is 2.48. The van der Waals surface area contributed by atoms with Crippen molar-refractivity contribution in [3.63, 3.8) is 0 Å². The molecule has 1 amide bonds. The van der Waals surface area contributed by atoms with Gasteiger partial charge < -0.3 is 19.7 Å². The minimum Gasteiger partial charge on any atom is -0.388 e. The van der Waals surface area contributed by atoms with Gasteiger partial charge in [0.1, 0.15) is 5.69 Å². The Kier molecular flexibility index (Phi) is 3.30. The van der Waals surface area contributed by atoms with Gasteiger partial charge in [-0.2, -0.15) is 0 Å². The summed E-state index contributed by atoms with van der Waals surface area (Å²) in [4.78, 5) is 17.3. The lowest BCUT2D eigenvalue weighted by atomic mass is 10.1. The number of aromatic amines is 1. The Bertz CT molecular complexity index is 563. The number of amides is 1. The van der Waals surface area contributed by atoms with Crippen LogP contribution >= 0.6 is 11.3 Å². The number of carbonyl (C=O) groups is 1. The van der Waals surface area contributed by atoms with Crippen LogP contribution in [-0.4, -0.2) is 52.8 Å². The summed E-state index contributed by atoms with van der Waals surface area (Å²) < 4.78 is 6.30. The van der Waals surface area contributed by atoms with Crippen molar-refractivity contribution in [2.45, 2.75) is 19.1 Å². The van der Waals surface area contributed by atoms with Gasteiger partial charge in [-0.15, -0.1) is 11.3 Å². The van der Waals surface area contributed by atoms with E-state index in [1.165, 1.54) is 0 Å². The Morgan fingerprint density at radius 2 is 2.47 bits per heavy atom. The molecule has 102 valence electrons. The van der Waals surface area contributed by atoms with Gasteiger partial charge >= 0.3 is 0 Å². The number of fused-ring (bicyclic) bond motifs is 1. The first-order valence-corrected chi connectivity index (χ1v) is 7.21. The number of hydrogen-bond donors (Lipinski definition) is 2. The normalized spacial score (nSPS) is 23.1. The molecule has 1 saturated heterocycles. The van der Waals surface area contributed by atoms with Crippen LogP contribution in [0.5, 0.6) is 0 Å². The van der Waals surface area contributed by atoms with E-state index < -0.39 is 6.10 Å². The number of likely N-dealkylation sites (N-methyl/N-ethyl adjacent to an activating group) is 1. The number of rotatable bonds is 3. The molecule has 0 saturated carbocycles. The highest BCUT2D eigenvalue weighted by Crippen LogP contribution is 2.23. The Balaban J connectivity index is 1.86. The molecule has 0 unspecified atom stereocenters. The minimum absolute atomic E-state index is 0.0829. The second-order valence-corrected chi connectivity index (χ2v) is 5.59. The quantitative estimate of drug-likeness (QED) is 0.894. The highest BCUT2D eigenvalue weighted by atomic mass is 32.1. The number of aliphatic hydroxyl groups is 1. The topological polar surface area (TPSA) is 65.6 Å². The SMILES string of the molecule is CCN(C(=O)c1cc2sccc2[nH]1)[C@@H]1COC[C@H]1O. The molecule has 1 aliphatic rings. The smallest absolute Gasteiger partial charge is 0.270 e. The van der Waals surface area contributed by atoms with Gasteiger partial charge in [-0.25, -0.2) is 0 Å². The third kappa shape index (κ3) is 2.16. The molecule has 0 radical (unpaired) electrons. The molecule has 0 spiro atoms. The van der Waals surface area contributed by atoms with Gasteiger partial charge in [0.05, 0.1) is 35.6 Å². The standard InChI is InChI=1S/C13H16N2O3S/c1-2-15(10-6-18-7-11(10)16)13(17)9-5-12-8(14-9)3-4-19-12/h3-5,10-11,14,16H,2,6-7H2,1H3/t10-,11-/m1/s1. The van der Waals surface area contributed by atoms with Crippen LogP contribution in [0.15, 0.2) is 17.5 Å². The van der Waals surface area contributed by atoms with Gasteiger partial charge in [0.2, 0.25) is 0 Å². The highest BCUT2D eigenvalue weighted by Gasteiger charge is 2.34. The zero-order valence-electron chi connectivity index (χ0n) is 10.6. The molecule has 1 aliphatic heterocycles. The first kappa shape index (κ1) is 12.7. The maximum Gasteiger partial charge on any atom is 0.270 e. The van der Waals surface area contributed by atoms with Crippen LogP contribution in [0.2, 0.25) is 0 Å². The van der Waals surface area contributed by atoms with Crippen LogP contribution in [0.4, 0.5) is 0 Å². The van der Waals surface area contributed by atoms with Gasteiger partial charge in [0, 0.05) is 6.54 Å². The molecule has 0 aliphatic carbocycles. The number of nitrogens with one attached hydrogen (secondary N) is 1. The summed E-state index contributed by atoms with van der Waals surface area (Å²) in [6.45, 7) is 3.16. The molecule has 3 heterocycles. The molecule has 6 heteroatoms. The summed E-state index contributed by atoms with van der Waals surface area (Å²) in [5.41, 5.74) is 1.55. The van der Waals surface area contributed by atoms with Crippen molar-refractivity contribution in [1.29, 1.82) is 0 Å². The molecule has 0 aromatic carbocycles. The first-order chi connectivity index (χ1) is 9.20. The van der Waals surface area contributed by atoms with E-state index in [4.69, 9.17) is 4.74 Å². The lowest BCUT2D eigenvalue weighted by Gasteiger charge is -2.28. The molecule has 2 atom stereocenters. The zero-order chi connectivity index (χ0) is 13.4. The molecular weight excluding hydrogens is 264 g/mol. The monoisotopic (exact) mass is 280 g/mol. The number of thiophene rings is 1. The van der Waals surface area contributed by atoms with E-state index in [2.05, 4.69) is 4.98 Å². The molecule has 2 aromatic rings. The summed E-state index contributed by atoms with van der Waals surface area (Å²) in [5.74, 6) is -0.0829. The first-order valence-electron chi connectivity index (χ1n) is 6.33. The van der Waals surface area contributed by atoms with E-state index in [1.807, 2.05) is 24.4 Å². The number of aliphatic hydroxyl groups excluding tert-OH is 1. The molecule has 2 aromatic heterocycles. The Hall–Kier alpha value is -1.37. The average molecular weight is 280 g/mol. The molecule has 2 N–H and O–H groups in total. The Morgan fingerprint density at radius 1 is 1.63 bits per heavy atom. The molecule has 0 bridgehead atoms. The fraction of sp³-hybridized carbons (Fsp3) is 0.462. The maximum atomic E-state index is 12.5. The number of aromatic nitrogens is 1. The Morgan fingerprint density at radius 3 is 3.11 bits per heavy atom. The Labute approximate surface area is 114 Å². The second-order valence-electron chi connectivity index (χ2n) is 4.64. The van der Waals surface area contributed by atoms with E-state index in [0.717, 1.165) is 10.2 Å². The summed E-state index contributed by atoms with van der Waals surface area (Å²) >= 11 is 1.60. The minimum atomic E-state index is -0.597. The van der Waals surface area contributed by atoms with Gasteiger partial charge in [0.25, 0.3) is 5.91 Å². The van der Waals surface area contributed by atoms with Crippen molar-refractivity contribution in [3.8, 4) is 0 Å². The zero-order valence-corrected chi connectivity index (χ0v) is 11.4. The van der Waals surface area contributed by atoms with E-state index in [9.17, 15) is 9.90 Å². The van der Waals surface area contributed by atoms with Gasteiger partial charge in [-0.3, -0.25) is 4.79 Å². The van der Waals surface area contributed by atoms with Crippen molar-refractivity contribution < 1.29 is 14.6 Å². The van der Waals surface area contributed by atoms with Gasteiger partial charge in [-0.05, 0) is 24.4 Å². The second kappa shape index (κ2) is 4.96. The number of carbonyl (C=O) groups excluding carboxylic acids is 1. The molecule has 5 nitrogen and oxygen atoms in total. The molecule has 19 heavy (non-hydrogen) atoms. The van der Waals surface area contributed by atoms with Gasteiger partial charge in [-0.1, -0.05) is 0 Å². The number of H-pyrrole nitrogens is 1. The lowest BCUT2D eigenvalue weighted by molar-refractivity contribution is 0.0516. The summed E-state index contributed by atoms with van der Waals surface area (Å²) in [6, 6.07) is 3.58. The van der Waals surface area contributed by atoms with Crippen molar-refractivity contribution in [1.82, 2.24) is 9.88 Å². The van der Waals surface area contributed by atoms with E-state index in [0.29, 0.717) is 25.5 Å². The predicted octanol–water partition coefficient (Wildman–Crippen LogP) is 1.45. The average Bonchev–Trinajstić information content (AvgIpc) is 3.05. The highest BCUT2D eigenvalue weighted by molar-refractivity contribution is 7.17. The van der Waals surface area contributed by atoms with E-state index in [-0.39, 0.29) is 11.9 Å². The predicted molar refractivity (Wildman–Crippen MR) is 73.5 cm³/mol. The van der Waals surface area contributed by atoms with Crippen LogP contribution in [0.3, 0.4) is 0 Å². The number of ether oxygens (including phenoxy) is 1. The van der Waals surface area contributed by atoms with E-state index >= 15 is 0 Å². The lowest BCUT2D eigenvalue weighted by Crippen LogP contribution is -2.46. The van der Waals surface area contributed by atoms with Crippen molar-refractivity contribution in [2.75, 3.05) is 19.8 Å². The van der Waals surface area contributed by atoms with Crippen LogP contribution in [-0.2, 0) is 4.74 Å². The largest absolute Gasteiger partial charge is 0.388 e. The fourth-order valence-corrected chi connectivity index (χ4v) is 3.26. The maximum absolute atomic E-state index is 12.5. The van der Waals surface area contributed by atoms with Crippen molar-refractivity contribution >= 4 is 27.5 Å². The summed E-state index contributed by atoms with van der Waals surface area (Å²) in [6.07, 6.45) is -0.597. The van der Waals surface area contributed by atoms with Crippen LogP contribution in [0.1, 0.15) is 17.4 Å². The number of hydrogen-bond acceptors (Lipinski definition) is 4. The summed E-state index contributed by atoms with van der Waals surface area (Å²) in [7, 11) is 0. The van der Waals surface area contributed by atoms with Crippen LogP contribution < -0.4 is 0 Å². The van der Waals surface area contributed by atoms with Crippen molar-refractivity contribution in [2.24, 2.45) is 0 Å². The van der Waals surface area contributed by atoms with E-state index in [1.54, 1.807) is 16.2 Å². The molecular formula is C13H16N2O3S. The third-order valence-electron chi connectivity index (χ3n) is 3.49. The summed E-state index contributed by atoms with van der Waals surface area (Å²) in [5, 5.41) is 11.8. The number of nitrogens with zero attached hydrogens (tertiary/aromatic N) is 1. The van der Waals surface area contributed by atoms with Gasteiger partial charge in [0.15, 0.2) is 0 Å².